The molecule has 154 valence electrons. The van der Waals surface area contributed by atoms with E-state index >= 15 is 0 Å². The van der Waals surface area contributed by atoms with Crippen molar-refractivity contribution < 1.29 is 5.11 Å². The zero-order chi connectivity index (χ0) is 20.8. The maximum Gasteiger partial charge on any atom is 0.326 e. The minimum Gasteiger partial charge on any atom is -0.493 e. The fraction of sp³-hybridized carbons (Fsp3) is 0.333. The van der Waals surface area contributed by atoms with E-state index in [0.717, 1.165) is 24.2 Å². The van der Waals surface area contributed by atoms with Crippen molar-refractivity contribution >= 4 is 17.7 Å². The molecule has 0 bridgehead atoms. The van der Waals surface area contributed by atoms with E-state index in [9.17, 15) is 9.90 Å². The molecule has 12 heteroatoms. The second-order valence-electron chi connectivity index (χ2n) is 7.28. The third-order valence-electron chi connectivity index (χ3n) is 4.85. The molecule has 0 aromatic carbocycles. The van der Waals surface area contributed by atoms with Crippen molar-refractivity contribution in [2.45, 2.75) is 32.4 Å². The number of hydrogen-bond acceptors (Lipinski definition) is 8. The fourth-order valence-electron chi connectivity index (χ4n) is 3.05. The summed E-state index contributed by atoms with van der Waals surface area (Å²) in [5.41, 5.74) is 2.63. The third kappa shape index (κ3) is 3.43. The molecule has 4 aromatic heterocycles. The summed E-state index contributed by atoms with van der Waals surface area (Å²) in [5, 5.41) is 22.4. The number of hydrogen-bond donors (Lipinski definition) is 4. The highest BCUT2D eigenvalue weighted by Crippen LogP contribution is 2.22. The predicted molar refractivity (Wildman–Crippen MR) is 107 cm³/mol. The van der Waals surface area contributed by atoms with Gasteiger partial charge in [-0.1, -0.05) is 0 Å². The molecule has 4 heterocycles. The molecule has 0 saturated heterocycles. The lowest BCUT2D eigenvalue weighted by atomic mass is 10.3. The number of H-pyrrole nitrogens is 2. The minimum absolute atomic E-state index is 0.243. The van der Waals surface area contributed by atoms with Crippen LogP contribution in [0.3, 0.4) is 0 Å². The Kier molecular flexibility index (Phi) is 4.12. The molecule has 5 rings (SSSR count). The molecule has 1 saturated carbocycles. The summed E-state index contributed by atoms with van der Waals surface area (Å²) < 4.78 is 3.37. The maximum absolute atomic E-state index is 11.4. The van der Waals surface area contributed by atoms with Gasteiger partial charge in [0, 0.05) is 18.0 Å². The molecule has 0 spiro atoms. The molecule has 1 aliphatic rings. The van der Waals surface area contributed by atoms with Crippen molar-refractivity contribution in [2.75, 3.05) is 5.32 Å². The number of aromatic hydroxyl groups is 1. The molecule has 4 N–H and O–H groups in total. The van der Waals surface area contributed by atoms with Gasteiger partial charge in [0.15, 0.2) is 5.65 Å². The van der Waals surface area contributed by atoms with Crippen LogP contribution in [0.25, 0.3) is 11.7 Å². The molecule has 0 unspecified atom stereocenters. The lowest BCUT2D eigenvalue weighted by Crippen LogP contribution is -2.24. The molecule has 0 radical (unpaired) electrons. The van der Waals surface area contributed by atoms with Crippen molar-refractivity contribution in [1.82, 2.24) is 39.3 Å². The number of aryl methyl sites for hydroxylation is 2. The molecule has 0 aliphatic heterocycles. The molecule has 0 amide bonds. The standard InChI is InChI=1S/C18H20N10O2/c1-9-5-12(26-27(9)2)8-19-16-23-14-10(6-13-15(29)24-18(30)22-13)7-20-28(14)17(25-16)21-11-3-4-11/h5-7,11,29H,3-4,8H2,1-2H3,(H,19,21,25)(H2,22,24,30)/b10-6+. The molecular formula is C18H20N10O2. The van der Waals surface area contributed by atoms with E-state index in [1.54, 1.807) is 16.8 Å². The van der Waals surface area contributed by atoms with Gasteiger partial charge in [0.2, 0.25) is 11.8 Å². The van der Waals surface area contributed by atoms with Crippen LogP contribution >= 0.6 is 0 Å². The summed E-state index contributed by atoms with van der Waals surface area (Å²) in [4.78, 5) is 29.9. The third-order valence-corrected chi connectivity index (χ3v) is 4.85. The first-order chi connectivity index (χ1) is 14.5. The summed E-state index contributed by atoms with van der Waals surface area (Å²) in [5.74, 6) is 0.146. The van der Waals surface area contributed by atoms with Crippen LogP contribution in [0.4, 0.5) is 5.95 Å². The SMILES string of the molecule is Cc1cc(CNc2nc(=NC3CC3)n3nc/c(=C\c4[nH]c(=O)[nH]c4O)c3n2)nn1C. The van der Waals surface area contributed by atoms with Gasteiger partial charge < -0.3 is 15.4 Å². The van der Waals surface area contributed by atoms with E-state index in [2.05, 4.69) is 40.4 Å². The first-order valence-electron chi connectivity index (χ1n) is 9.52. The van der Waals surface area contributed by atoms with Crippen molar-refractivity contribution in [3.8, 4) is 5.88 Å². The first kappa shape index (κ1) is 18.1. The van der Waals surface area contributed by atoms with Crippen LogP contribution in [-0.2, 0) is 13.6 Å². The van der Waals surface area contributed by atoms with E-state index in [4.69, 9.17) is 0 Å². The Bertz CT molecular complexity index is 1400. The van der Waals surface area contributed by atoms with Crippen LogP contribution in [0, 0.1) is 6.92 Å². The van der Waals surface area contributed by atoms with Gasteiger partial charge in [-0.25, -0.2) is 9.79 Å². The molecule has 1 fully saturated rings. The maximum atomic E-state index is 11.4. The lowest BCUT2D eigenvalue weighted by Gasteiger charge is -2.03. The Morgan fingerprint density at radius 3 is 2.87 bits per heavy atom. The quantitative estimate of drug-likeness (QED) is 0.334. The Morgan fingerprint density at radius 2 is 2.20 bits per heavy atom. The van der Waals surface area contributed by atoms with Gasteiger partial charge in [-0.15, -0.1) is 0 Å². The summed E-state index contributed by atoms with van der Waals surface area (Å²) in [6.45, 7) is 2.45. The highest BCUT2D eigenvalue weighted by Gasteiger charge is 2.21. The summed E-state index contributed by atoms with van der Waals surface area (Å²) in [6.07, 6.45) is 5.24. The second-order valence-corrected chi connectivity index (χ2v) is 7.28. The number of rotatable bonds is 5. The van der Waals surface area contributed by atoms with Gasteiger partial charge in [0.05, 0.1) is 24.5 Å². The number of aromatic amines is 2. The van der Waals surface area contributed by atoms with Gasteiger partial charge in [0.25, 0.3) is 5.62 Å². The highest BCUT2D eigenvalue weighted by atomic mass is 16.3. The normalized spacial score (nSPS) is 15.4. The number of nitrogens with zero attached hydrogens (tertiary/aromatic N) is 7. The predicted octanol–water partition coefficient (Wildman–Crippen LogP) is -0.889. The van der Waals surface area contributed by atoms with Gasteiger partial charge in [0.1, 0.15) is 5.69 Å². The molecule has 12 nitrogen and oxygen atoms in total. The van der Waals surface area contributed by atoms with E-state index in [1.807, 2.05) is 24.7 Å². The van der Waals surface area contributed by atoms with Crippen LogP contribution < -0.4 is 21.8 Å². The lowest BCUT2D eigenvalue weighted by molar-refractivity contribution is 0.454. The smallest absolute Gasteiger partial charge is 0.326 e. The molecular weight excluding hydrogens is 388 g/mol. The van der Waals surface area contributed by atoms with Gasteiger partial charge in [-0.2, -0.15) is 24.7 Å². The Hall–Kier alpha value is -3.96. The number of imidazole rings is 1. The van der Waals surface area contributed by atoms with Crippen molar-refractivity contribution in [3.63, 3.8) is 0 Å². The van der Waals surface area contributed by atoms with Gasteiger partial charge >= 0.3 is 5.69 Å². The molecule has 4 aromatic rings. The van der Waals surface area contributed by atoms with Crippen molar-refractivity contribution in [1.29, 1.82) is 0 Å². The fourth-order valence-corrected chi connectivity index (χ4v) is 3.05. The second kappa shape index (κ2) is 6.83. The summed E-state index contributed by atoms with van der Waals surface area (Å²) in [6, 6.07) is 2.24. The molecule has 0 atom stereocenters. The number of anilines is 1. The monoisotopic (exact) mass is 408 g/mol. The topological polar surface area (TPSA) is 154 Å². The van der Waals surface area contributed by atoms with Crippen molar-refractivity contribution in [2.24, 2.45) is 12.0 Å². The zero-order valence-electron chi connectivity index (χ0n) is 16.4. The average Bonchev–Trinajstić information content (AvgIpc) is 3.21. The van der Waals surface area contributed by atoms with Gasteiger partial charge in [-0.3, -0.25) is 9.67 Å². The minimum atomic E-state index is -0.498. The van der Waals surface area contributed by atoms with Crippen LogP contribution in [0.2, 0.25) is 0 Å². The van der Waals surface area contributed by atoms with E-state index in [0.29, 0.717) is 29.0 Å². The number of aromatic nitrogens is 8. The molecule has 30 heavy (non-hydrogen) atoms. The average molecular weight is 408 g/mol. The van der Waals surface area contributed by atoms with E-state index in [1.165, 1.54) is 0 Å². The summed E-state index contributed by atoms with van der Waals surface area (Å²) in [7, 11) is 1.89. The summed E-state index contributed by atoms with van der Waals surface area (Å²) >= 11 is 0. The Labute approximate surface area is 169 Å². The van der Waals surface area contributed by atoms with Crippen LogP contribution in [0.15, 0.2) is 22.1 Å². The van der Waals surface area contributed by atoms with E-state index in [-0.39, 0.29) is 17.6 Å². The van der Waals surface area contributed by atoms with Gasteiger partial charge in [-0.05, 0) is 31.9 Å². The Morgan fingerprint density at radius 1 is 1.37 bits per heavy atom. The highest BCUT2D eigenvalue weighted by molar-refractivity contribution is 5.57. The number of fused-ring (bicyclic) bond motifs is 1. The first-order valence-corrected chi connectivity index (χ1v) is 9.52. The van der Waals surface area contributed by atoms with Crippen LogP contribution in [0.5, 0.6) is 5.88 Å². The largest absolute Gasteiger partial charge is 0.493 e. The van der Waals surface area contributed by atoms with E-state index < -0.39 is 5.69 Å². The zero-order valence-corrected chi connectivity index (χ0v) is 16.4. The Balaban J connectivity index is 1.59. The van der Waals surface area contributed by atoms with Crippen LogP contribution in [0.1, 0.15) is 29.9 Å². The van der Waals surface area contributed by atoms with Crippen molar-refractivity contribution in [3.05, 3.63) is 50.7 Å². The molecule has 1 aliphatic carbocycles. The number of nitrogens with one attached hydrogen (secondary N) is 3. The van der Waals surface area contributed by atoms with Crippen LogP contribution in [-0.4, -0.2) is 50.5 Å².